The molecule has 6 nitrogen and oxygen atoms in total. The number of benzene rings is 2. The Hall–Kier alpha value is -3.15. The van der Waals surface area contributed by atoms with Crippen molar-refractivity contribution in [3.63, 3.8) is 0 Å². The van der Waals surface area contributed by atoms with E-state index in [2.05, 4.69) is 18.8 Å². The number of carbonyl (C=O) groups is 1. The fourth-order valence-electron chi connectivity index (χ4n) is 2.72. The molecule has 2 aromatic carbocycles. The van der Waals surface area contributed by atoms with Crippen molar-refractivity contribution in [2.75, 3.05) is 0 Å². The van der Waals surface area contributed by atoms with Gasteiger partial charge in [0, 0.05) is 0 Å². The van der Waals surface area contributed by atoms with E-state index in [9.17, 15) is 14.4 Å². The number of nitrogens with one attached hydrogen (secondary N) is 1. The van der Waals surface area contributed by atoms with Crippen LogP contribution in [0.3, 0.4) is 0 Å². The SMILES string of the molecule is CC(C)c1ccc(Cn2c(=O)[nH]c3cc(C(=O)O)ccc3c2=O)cc1. The number of fused-ring (bicyclic) bond motifs is 1. The Morgan fingerprint density at radius 2 is 1.80 bits per heavy atom. The minimum atomic E-state index is -1.11. The number of carboxylic acid groups (broad SMARTS) is 1. The van der Waals surface area contributed by atoms with Gasteiger partial charge in [0.05, 0.1) is 23.0 Å². The number of aromatic amines is 1. The second-order valence-corrected chi connectivity index (χ2v) is 6.28. The van der Waals surface area contributed by atoms with E-state index in [1.54, 1.807) is 0 Å². The van der Waals surface area contributed by atoms with Gasteiger partial charge in [-0.1, -0.05) is 38.1 Å². The molecule has 1 heterocycles. The minimum absolute atomic E-state index is 0.0181. The smallest absolute Gasteiger partial charge is 0.335 e. The Morgan fingerprint density at radius 1 is 1.12 bits per heavy atom. The van der Waals surface area contributed by atoms with Gasteiger partial charge in [0.25, 0.3) is 5.56 Å². The Balaban J connectivity index is 2.04. The van der Waals surface area contributed by atoms with Gasteiger partial charge >= 0.3 is 11.7 Å². The highest BCUT2D eigenvalue weighted by molar-refractivity contribution is 5.92. The van der Waals surface area contributed by atoms with Crippen LogP contribution in [0.25, 0.3) is 10.9 Å². The molecule has 0 aliphatic heterocycles. The molecule has 1 aromatic heterocycles. The monoisotopic (exact) mass is 338 g/mol. The van der Waals surface area contributed by atoms with Gasteiger partial charge in [-0.15, -0.1) is 0 Å². The minimum Gasteiger partial charge on any atom is -0.478 e. The normalized spacial score (nSPS) is 11.2. The van der Waals surface area contributed by atoms with Crippen molar-refractivity contribution < 1.29 is 9.90 Å². The number of hydrogen-bond acceptors (Lipinski definition) is 3. The molecule has 0 bridgehead atoms. The molecule has 2 N–H and O–H groups in total. The van der Waals surface area contributed by atoms with Crippen molar-refractivity contribution >= 4 is 16.9 Å². The van der Waals surface area contributed by atoms with Crippen molar-refractivity contribution in [2.24, 2.45) is 0 Å². The lowest BCUT2D eigenvalue weighted by Crippen LogP contribution is -2.35. The number of aromatic nitrogens is 2. The zero-order valence-electron chi connectivity index (χ0n) is 13.9. The Bertz CT molecular complexity index is 1060. The summed E-state index contributed by atoms with van der Waals surface area (Å²) in [7, 11) is 0. The van der Waals surface area contributed by atoms with Gasteiger partial charge < -0.3 is 10.1 Å². The largest absolute Gasteiger partial charge is 0.478 e. The molecule has 0 aliphatic rings. The molecule has 0 radical (unpaired) electrons. The molecule has 3 aromatic rings. The van der Waals surface area contributed by atoms with E-state index in [4.69, 9.17) is 5.11 Å². The van der Waals surface area contributed by atoms with Gasteiger partial charge in [-0.05, 0) is 35.2 Å². The van der Waals surface area contributed by atoms with Crippen LogP contribution >= 0.6 is 0 Å². The summed E-state index contributed by atoms with van der Waals surface area (Å²) >= 11 is 0. The van der Waals surface area contributed by atoms with Crippen molar-refractivity contribution in [3.05, 3.63) is 80.0 Å². The average Bonchev–Trinajstić information content (AvgIpc) is 2.58. The number of rotatable bonds is 4. The highest BCUT2D eigenvalue weighted by Crippen LogP contribution is 2.15. The summed E-state index contributed by atoms with van der Waals surface area (Å²) in [6.45, 7) is 4.35. The number of aromatic carboxylic acids is 1. The molecule has 0 unspecified atom stereocenters. The van der Waals surface area contributed by atoms with Crippen molar-refractivity contribution in [2.45, 2.75) is 26.3 Å². The molecule has 0 amide bonds. The second-order valence-electron chi connectivity index (χ2n) is 6.28. The van der Waals surface area contributed by atoms with E-state index in [-0.39, 0.29) is 23.0 Å². The maximum atomic E-state index is 12.6. The van der Waals surface area contributed by atoms with Crippen LogP contribution in [-0.4, -0.2) is 20.6 Å². The molecular formula is C19H18N2O4. The van der Waals surface area contributed by atoms with Gasteiger partial charge in [0.15, 0.2) is 0 Å². The first kappa shape index (κ1) is 16.7. The molecule has 0 aliphatic carbocycles. The van der Waals surface area contributed by atoms with Gasteiger partial charge in [-0.2, -0.15) is 0 Å². The fourth-order valence-corrected chi connectivity index (χ4v) is 2.72. The first-order valence-electron chi connectivity index (χ1n) is 7.96. The van der Waals surface area contributed by atoms with Crippen LogP contribution in [0.4, 0.5) is 0 Å². The van der Waals surface area contributed by atoms with E-state index < -0.39 is 17.2 Å². The van der Waals surface area contributed by atoms with Crippen LogP contribution in [0.1, 0.15) is 41.3 Å². The topological polar surface area (TPSA) is 92.2 Å². The molecule has 0 saturated carbocycles. The predicted octanol–water partition coefficient (Wildman–Crippen LogP) is 2.56. The van der Waals surface area contributed by atoms with Crippen molar-refractivity contribution in [1.82, 2.24) is 9.55 Å². The molecule has 6 heteroatoms. The zero-order chi connectivity index (χ0) is 18.1. The number of hydrogen-bond donors (Lipinski definition) is 2. The average molecular weight is 338 g/mol. The van der Waals surface area contributed by atoms with Gasteiger partial charge in [0.1, 0.15) is 0 Å². The lowest BCUT2D eigenvalue weighted by atomic mass is 10.0. The summed E-state index contributed by atoms with van der Waals surface area (Å²) in [6, 6.07) is 11.8. The third kappa shape index (κ3) is 3.24. The Labute approximate surface area is 143 Å². The summed E-state index contributed by atoms with van der Waals surface area (Å²) < 4.78 is 1.12. The van der Waals surface area contributed by atoms with Crippen LogP contribution in [0.2, 0.25) is 0 Å². The summed E-state index contributed by atoms with van der Waals surface area (Å²) in [5.74, 6) is -0.707. The summed E-state index contributed by atoms with van der Waals surface area (Å²) in [5.41, 5.74) is 1.27. The second kappa shape index (κ2) is 6.39. The number of carboxylic acids is 1. The predicted molar refractivity (Wildman–Crippen MR) is 95.4 cm³/mol. The highest BCUT2D eigenvalue weighted by atomic mass is 16.4. The first-order valence-corrected chi connectivity index (χ1v) is 7.96. The van der Waals surface area contributed by atoms with Crippen LogP contribution in [0, 0.1) is 0 Å². The molecule has 25 heavy (non-hydrogen) atoms. The lowest BCUT2D eigenvalue weighted by Gasteiger charge is -2.09. The van der Waals surface area contributed by atoms with E-state index in [1.807, 2.05) is 24.3 Å². The summed E-state index contributed by atoms with van der Waals surface area (Å²) in [4.78, 5) is 38.5. The lowest BCUT2D eigenvalue weighted by molar-refractivity contribution is 0.0697. The Morgan fingerprint density at radius 3 is 2.40 bits per heavy atom. The zero-order valence-corrected chi connectivity index (χ0v) is 13.9. The maximum absolute atomic E-state index is 12.6. The molecule has 0 atom stereocenters. The molecule has 128 valence electrons. The molecule has 0 fully saturated rings. The van der Waals surface area contributed by atoms with E-state index in [0.717, 1.165) is 10.1 Å². The van der Waals surface area contributed by atoms with E-state index >= 15 is 0 Å². The van der Waals surface area contributed by atoms with Gasteiger partial charge in [-0.3, -0.25) is 9.36 Å². The van der Waals surface area contributed by atoms with Crippen LogP contribution in [0.5, 0.6) is 0 Å². The molecule has 3 rings (SSSR count). The number of H-pyrrole nitrogens is 1. The van der Waals surface area contributed by atoms with Gasteiger partial charge in [-0.25, -0.2) is 9.59 Å². The molecule has 0 spiro atoms. The molecule has 0 saturated heterocycles. The van der Waals surface area contributed by atoms with Crippen molar-refractivity contribution in [1.29, 1.82) is 0 Å². The standard InChI is InChI=1S/C19H18N2O4/c1-11(2)13-5-3-12(4-6-13)10-21-17(22)15-8-7-14(18(23)24)9-16(15)20-19(21)25/h3-9,11H,10H2,1-2H3,(H,20,25)(H,23,24). The summed E-state index contributed by atoms with van der Waals surface area (Å²) in [5, 5.41) is 9.30. The molecular weight excluding hydrogens is 320 g/mol. The van der Waals surface area contributed by atoms with E-state index in [1.165, 1.54) is 23.8 Å². The van der Waals surface area contributed by atoms with Crippen molar-refractivity contribution in [3.8, 4) is 0 Å². The van der Waals surface area contributed by atoms with Crippen LogP contribution in [-0.2, 0) is 6.54 Å². The number of nitrogens with zero attached hydrogens (tertiary/aromatic N) is 1. The first-order chi connectivity index (χ1) is 11.9. The van der Waals surface area contributed by atoms with Crippen LogP contribution < -0.4 is 11.2 Å². The quantitative estimate of drug-likeness (QED) is 0.765. The third-order valence-electron chi connectivity index (χ3n) is 4.22. The summed E-state index contributed by atoms with van der Waals surface area (Å²) in [6.07, 6.45) is 0. The van der Waals surface area contributed by atoms with E-state index in [0.29, 0.717) is 5.92 Å². The third-order valence-corrected chi connectivity index (χ3v) is 4.22. The maximum Gasteiger partial charge on any atom is 0.335 e. The fraction of sp³-hybridized carbons (Fsp3) is 0.211. The highest BCUT2D eigenvalue weighted by Gasteiger charge is 2.11. The van der Waals surface area contributed by atoms with Crippen LogP contribution in [0.15, 0.2) is 52.1 Å². The Kier molecular flexibility index (Phi) is 4.27. The van der Waals surface area contributed by atoms with Gasteiger partial charge in [0.2, 0.25) is 0 Å².